The molecule has 0 bridgehead atoms. The number of methoxy groups -OCH3 is 2. The quantitative estimate of drug-likeness (QED) is 0.254. The molecule has 0 spiro atoms. The van der Waals surface area contributed by atoms with E-state index in [1.807, 2.05) is 6.92 Å². The largest absolute Gasteiger partial charge is 0.493 e. The van der Waals surface area contributed by atoms with Crippen molar-refractivity contribution in [3.8, 4) is 11.5 Å². The van der Waals surface area contributed by atoms with Crippen LogP contribution in [0.5, 0.6) is 11.5 Å². The lowest BCUT2D eigenvalue weighted by Gasteiger charge is -2.32. The lowest BCUT2D eigenvalue weighted by molar-refractivity contribution is -0.139. The fourth-order valence-electron chi connectivity index (χ4n) is 4.17. The molecule has 3 aromatic rings. The summed E-state index contributed by atoms with van der Waals surface area (Å²) in [5, 5.41) is 3.16. The summed E-state index contributed by atoms with van der Waals surface area (Å²) in [5.74, 6) is -1.20. The minimum atomic E-state index is -4.37. The van der Waals surface area contributed by atoms with E-state index < -0.39 is 40.2 Å². The van der Waals surface area contributed by atoms with Crippen molar-refractivity contribution in [2.24, 2.45) is 0 Å². The van der Waals surface area contributed by atoms with Crippen molar-refractivity contribution in [3.05, 3.63) is 83.1 Å². The first-order chi connectivity index (χ1) is 20.0. The molecule has 226 valence electrons. The molecule has 0 aliphatic heterocycles. The van der Waals surface area contributed by atoms with Crippen LogP contribution in [0.3, 0.4) is 0 Å². The number of anilines is 1. The maximum Gasteiger partial charge on any atom is 0.264 e. The van der Waals surface area contributed by atoms with E-state index in [1.165, 1.54) is 86.7 Å². The number of amides is 2. The zero-order valence-corrected chi connectivity index (χ0v) is 25.5. The summed E-state index contributed by atoms with van der Waals surface area (Å²) in [7, 11) is -1.56. The van der Waals surface area contributed by atoms with Gasteiger partial charge in [-0.05, 0) is 55.8 Å². The maximum atomic E-state index is 14.7. The standard InChI is InChI=1S/C30H35ClFN3O6S/c1-5-6-17-33-30(37)21(2)34(19-22-9-7-8-10-26(22)32)29(36)20-35(24-13-11-23(31)12-14-24)42(38,39)25-15-16-27(40-3)28(18-25)41-4/h7-16,18,21H,5-6,17,19-20H2,1-4H3,(H,33,37). The van der Waals surface area contributed by atoms with Gasteiger partial charge in [0.15, 0.2) is 11.5 Å². The molecule has 0 aromatic heterocycles. The van der Waals surface area contributed by atoms with Gasteiger partial charge in [-0.3, -0.25) is 13.9 Å². The van der Waals surface area contributed by atoms with Crippen LogP contribution < -0.4 is 19.1 Å². The third kappa shape index (κ3) is 7.92. The van der Waals surface area contributed by atoms with Crippen molar-refractivity contribution >= 4 is 39.1 Å². The van der Waals surface area contributed by atoms with Gasteiger partial charge in [-0.2, -0.15) is 0 Å². The summed E-state index contributed by atoms with van der Waals surface area (Å²) in [6.07, 6.45) is 1.60. The number of benzene rings is 3. The van der Waals surface area contributed by atoms with E-state index in [0.29, 0.717) is 17.3 Å². The average Bonchev–Trinajstić information content (AvgIpc) is 2.99. The van der Waals surface area contributed by atoms with E-state index >= 15 is 0 Å². The molecule has 12 heteroatoms. The minimum Gasteiger partial charge on any atom is -0.493 e. The smallest absolute Gasteiger partial charge is 0.264 e. The highest BCUT2D eigenvalue weighted by molar-refractivity contribution is 7.92. The summed E-state index contributed by atoms with van der Waals surface area (Å²) < 4.78 is 54.1. The topological polar surface area (TPSA) is 105 Å². The second-order valence-electron chi connectivity index (χ2n) is 9.44. The van der Waals surface area contributed by atoms with Gasteiger partial charge in [0.2, 0.25) is 11.8 Å². The van der Waals surface area contributed by atoms with Gasteiger partial charge >= 0.3 is 0 Å². The van der Waals surface area contributed by atoms with Gasteiger partial charge in [0, 0.05) is 29.7 Å². The molecule has 0 radical (unpaired) electrons. The van der Waals surface area contributed by atoms with Crippen LogP contribution in [0, 0.1) is 5.82 Å². The Kier molecular flexibility index (Phi) is 11.6. The van der Waals surface area contributed by atoms with Gasteiger partial charge in [0.25, 0.3) is 10.0 Å². The number of hydrogen-bond acceptors (Lipinski definition) is 6. The Balaban J connectivity index is 2.05. The zero-order chi connectivity index (χ0) is 30.9. The van der Waals surface area contributed by atoms with Crippen molar-refractivity contribution < 1.29 is 31.9 Å². The Bertz CT molecular complexity index is 1490. The number of carbonyl (C=O) groups is 2. The summed E-state index contributed by atoms with van der Waals surface area (Å²) >= 11 is 6.06. The van der Waals surface area contributed by atoms with Crippen LogP contribution in [0.4, 0.5) is 10.1 Å². The molecule has 3 rings (SSSR count). The van der Waals surface area contributed by atoms with E-state index in [4.69, 9.17) is 21.1 Å². The number of sulfonamides is 1. The SMILES string of the molecule is CCCCNC(=O)C(C)N(Cc1ccccc1F)C(=O)CN(c1ccc(Cl)cc1)S(=O)(=O)c1ccc(OC)c(OC)c1. The van der Waals surface area contributed by atoms with Crippen molar-refractivity contribution in [1.82, 2.24) is 10.2 Å². The Morgan fingerprint density at radius 1 is 1.00 bits per heavy atom. The van der Waals surface area contributed by atoms with E-state index in [-0.39, 0.29) is 28.4 Å². The number of nitrogens with zero attached hydrogens (tertiary/aromatic N) is 2. The number of hydrogen-bond donors (Lipinski definition) is 1. The van der Waals surface area contributed by atoms with E-state index in [9.17, 15) is 22.4 Å². The number of carbonyl (C=O) groups excluding carboxylic acids is 2. The summed E-state index contributed by atoms with van der Waals surface area (Å²) in [6, 6.07) is 14.9. The van der Waals surface area contributed by atoms with Gasteiger partial charge in [-0.25, -0.2) is 12.8 Å². The molecule has 3 aromatic carbocycles. The van der Waals surface area contributed by atoms with Crippen LogP contribution in [-0.4, -0.2) is 58.5 Å². The van der Waals surface area contributed by atoms with Crippen LogP contribution in [-0.2, 0) is 26.2 Å². The molecule has 1 atom stereocenters. The first kappa shape index (κ1) is 32.7. The van der Waals surface area contributed by atoms with Crippen molar-refractivity contribution in [1.29, 1.82) is 0 Å². The molecule has 42 heavy (non-hydrogen) atoms. The predicted octanol–water partition coefficient (Wildman–Crippen LogP) is 5.03. The molecule has 0 saturated carbocycles. The van der Waals surface area contributed by atoms with Gasteiger partial charge in [0.05, 0.1) is 24.8 Å². The Morgan fingerprint density at radius 3 is 2.29 bits per heavy atom. The second kappa shape index (κ2) is 14.9. The number of halogens is 2. The Hall–Kier alpha value is -3.83. The number of rotatable bonds is 14. The number of unbranched alkanes of at least 4 members (excludes halogenated alkanes) is 1. The Morgan fingerprint density at radius 2 is 1.67 bits per heavy atom. The first-order valence-electron chi connectivity index (χ1n) is 13.3. The fourth-order valence-corrected chi connectivity index (χ4v) is 5.73. The summed E-state index contributed by atoms with van der Waals surface area (Å²) in [6.45, 7) is 2.98. The van der Waals surface area contributed by atoms with Gasteiger partial charge in [-0.1, -0.05) is 43.1 Å². The maximum absolute atomic E-state index is 14.7. The van der Waals surface area contributed by atoms with Crippen molar-refractivity contribution in [2.45, 2.75) is 44.2 Å². The third-order valence-electron chi connectivity index (χ3n) is 6.63. The van der Waals surface area contributed by atoms with Crippen LogP contribution in [0.2, 0.25) is 5.02 Å². The highest BCUT2D eigenvalue weighted by Gasteiger charge is 2.33. The molecule has 9 nitrogen and oxygen atoms in total. The van der Waals surface area contributed by atoms with Gasteiger partial charge in [0.1, 0.15) is 18.4 Å². The van der Waals surface area contributed by atoms with Gasteiger partial charge < -0.3 is 19.7 Å². The van der Waals surface area contributed by atoms with E-state index in [2.05, 4.69) is 5.32 Å². The number of nitrogens with one attached hydrogen (secondary N) is 1. The fraction of sp³-hybridized carbons (Fsp3) is 0.333. The van der Waals surface area contributed by atoms with Crippen molar-refractivity contribution in [2.75, 3.05) is 31.6 Å². The monoisotopic (exact) mass is 619 g/mol. The molecule has 0 heterocycles. The third-order valence-corrected chi connectivity index (χ3v) is 8.65. The normalized spacial score (nSPS) is 11.9. The zero-order valence-electron chi connectivity index (χ0n) is 24.0. The lowest BCUT2D eigenvalue weighted by Crippen LogP contribution is -2.51. The molecule has 0 saturated heterocycles. The number of ether oxygens (including phenoxy) is 2. The van der Waals surface area contributed by atoms with Crippen LogP contribution in [0.25, 0.3) is 0 Å². The predicted molar refractivity (Wildman–Crippen MR) is 160 cm³/mol. The molecule has 1 unspecified atom stereocenters. The molecule has 0 aliphatic rings. The molecule has 0 fully saturated rings. The minimum absolute atomic E-state index is 0.158. The highest BCUT2D eigenvalue weighted by atomic mass is 35.5. The lowest BCUT2D eigenvalue weighted by atomic mass is 10.1. The van der Waals surface area contributed by atoms with E-state index in [1.54, 1.807) is 6.07 Å². The first-order valence-corrected chi connectivity index (χ1v) is 15.2. The molecule has 1 N–H and O–H groups in total. The van der Waals surface area contributed by atoms with Crippen LogP contribution in [0.15, 0.2) is 71.6 Å². The molecular formula is C30H35ClFN3O6S. The highest BCUT2D eigenvalue weighted by Crippen LogP contribution is 2.32. The van der Waals surface area contributed by atoms with Crippen LogP contribution >= 0.6 is 11.6 Å². The second-order valence-corrected chi connectivity index (χ2v) is 11.7. The molecule has 2 amide bonds. The van der Waals surface area contributed by atoms with Gasteiger partial charge in [-0.15, -0.1) is 0 Å². The van der Waals surface area contributed by atoms with Crippen molar-refractivity contribution in [3.63, 3.8) is 0 Å². The summed E-state index contributed by atoms with van der Waals surface area (Å²) in [5.41, 5.74) is 0.341. The Labute approximate surface area is 251 Å². The van der Waals surface area contributed by atoms with E-state index in [0.717, 1.165) is 17.1 Å². The summed E-state index contributed by atoms with van der Waals surface area (Å²) in [4.78, 5) is 28.0. The molecular weight excluding hydrogens is 585 g/mol. The molecule has 0 aliphatic carbocycles. The van der Waals surface area contributed by atoms with Crippen LogP contribution in [0.1, 0.15) is 32.3 Å². The average molecular weight is 620 g/mol.